The highest BCUT2D eigenvalue weighted by molar-refractivity contribution is 14.0. The van der Waals surface area contributed by atoms with Crippen LogP contribution in [0.3, 0.4) is 0 Å². The standard InChI is InChI=1S/C15H26F3N3.HI/c1-2-19-14(21-8-6-15(16,17)18)20-7-5-13-10-11-3-4-12(13)9-11;/h11-13H,2-10H2,1H3,(H2,19,20,21);1H. The lowest BCUT2D eigenvalue weighted by Gasteiger charge is -2.20. The molecule has 3 atom stereocenters. The van der Waals surface area contributed by atoms with Crippen LogP contribution in [0, 0.1) is 17.8 Å². The summed E-state index contributed by atoms with van der Waals surface area (Å²) in [5, 5.41) is 5.76. The van der Waals surface area contributed by atoms with Gasteiger partial charge in [-0.2, -0.15) is 13.2 Å². The minimum absolute atomic E-state index is 0. The molecule has 130 valence electrons. The molecule has 0 spiro atoms. The summed E-state index contributed by atoms with van der Waals surface area (Å²) in [5.41, 5.74) is 0. The fourth-order valence-electron chi connectivity index (χ4n) is 3.74. The number of fused-ring (bicyclic) bond motifs is 2. The Balaban J connectivity index is 0.00000242. The highest BCUT2D eigenvalue weighted by atomic mass is 127. The first-order chi connectivity index (χ1) is 9.98. The molecule has 0 aromatic rings. The second-order valence-electron chi connectivity index (χ2n) is 6.28. The molecule has 0 aromatic heterocycles. The van der Waals surface area contributed by atoms with Gasteiger partial charge in [-0.25, -0.2) is 0 Å². The summed E-state index contributed by atoms with van der Waals surface area (Å²) in [7, 11) is 0. The molecule has 2 aliphatic carbocycles. The van der Waals surface area contributed by atoms with E-state index in [1.54, 1.807) is 0 Å². The van der Waals surface area contributed by atoms with E-state index < -0.39 is 12.6 Å². The van der Waals surface area contributed by atoms with E-state index in [9.17, 15) is 13.2 Å². The Morgan fingerprint density at radius 3 is 2.50 bits per heavy atom. The third-order valence-corrected chi connectivity index (χ3v) is 4.70. The molecule has 3 nitrogen and oxygen atoms in total. The van der Waals surface area contributed by atoms with Gasteiger partial charge in [0.1, 0.15) is 0 Å². The molecule has 0 radical (unpaired) electrons. The van der Waals surface area contributed by atoms with Gasteiger partial charge in [0.05, 0.1) is 6.42 Å². The number of guanidine groups is 1. The van der Waals surface area contributed by atoms with Crippen molar-refractivity contribution in [1.82, 2.24) is 10.6 Å². The second kappa shape index (κ2) is 9.17. The van der Waals surface area contributed by atoms with Crippen molar-refractivity contribution < 1.29 is 13.2 Å². The van der Waals surface area contributed by atoms with E-state index in [1.165, 1.54) is 25.7 Å². The predicted molar refractivity (Wildman–Crippen MR) is 93.6 cm³/mol. The Hall–Kier alpha value is -0.210. The van der Waals surface area contributed by atoms with Crippen molar-refractivity contribution in [3.63, 3.8) is 0 Å². The molecule has 2 rings (SSSR count). The highest BCUT2D eigenvalue weighted by Crippen LogP contribution is 2.49. The Morgan fingerprint density at radius 2 is 1.95 bits per heavy atom. The number of hydrogen-bond acceptors (Lipinski definition) is 1. The fraction of sp³-hybridized carbons (Fsp3) is 0.933. The van der Waals surface area contributed by atoms with Crippen molar-refractivity contribution in [3.05, 3.63) is 0 Å². The van der Waals surface area contributed by atoms with Gasteiger partial charge in [-0.1, -0.05) is 6.42 Å². The molecule has 0 aromatic carbocycles. The van der Waals surface area contributed by atoms with Crippen LogP contribution < -0.4 is 10.6 Å². The number of alkyl halides is 3. The largest absolute Gasteiger partial charge is 0.390 e. The second-order valence-corrected chi connectivity index (χ2v) is 6.28. The van der Waals surface area contributed by atoms with Crippen LogP contribution in [0.25, 0.3) is 0 Å². The molecule has 7 heteroatoms. The summed E-state index contributed by atoms with van der Waals surface area (Å²) >= 11 is 0. The Bertz CT molecular complexity index is 360. The summed E-state index contributed by atoms with van der Waals surface area (Å²) in [6.07, 6.45) is 1.60. The van der Waals surface area contributed by atoms with E-state index in [0.29, 0.717) is 19.0 Å². The van der Waals surface area contributed by atoms with Gasteiger partial charge in [-0.15, -0.1) is 24.0 Å². The Labute approximate surface area is 147 Å². The normalized spacial score (nSPS) is 27.6. The first-order valence-electron chi connectivity index (χ1n) is 8.07. The quantitative estimate of drug-likeness (QED) is 0.378. The van der Waals surface area contributed by atoms with E-state index >= 15 is 0 Å². The minimum Gasteiger partial charge on any atom is -0.357 e. The van der Waals surface area contributed by atoms with Crippen molar-refractivity contribution >= 4 is 29.9 Å². The first-order valence-corrected chi connectivity index (χ1v) is 8.07. The van der Waals surface area contributed by atoms with Gasteiger partial charge in [0, 0.05) is 19.6 Å². The van der Waals surface area contributed by atoms with E-state index in [-0.39, 0.29) is 30.5 Å². The number of nitrogens with one attached hydrogen (secondary N) is 2. The van der Waals surface area contributed by atoms with Crippen molar-refractivity contribution in [2.45, 2.75) is 51.6 Å². The molecular weight excluding hydrogens is 406 g/mol. The first kappa shape index (κ1) is 19.8. The number of nitrogens with zero attached hydrogens (tertiary/aromatic N) is 1. The van der Waals surface area contributed by atoms with Crippen LogP contribution in [-0.2, 0) is 0 Å². The van der Waals surface area contributed by atoms with Crippen LogP contribution in [-0.4, -0.2) is 31.8 Å². The van der Waals surface area contributed by atoms with Gasteiger partial charge in [-0.3, -0.25) is 4.99 Å². The lowest BCUT2D eigenvalue weighted by Crippen LogP contribution is -2.39. The molecule has 22 heavy (non-hydrogen) atoms. The zero-order valence-corrected chi connectivity index (χ0v) is 15.4. The summed E-state index contributed by atoms with van der Waals surface area (Å²) in [4.78, 5) is 4.41. The molecule has 2 fully saturated rings. The number of aliphatic imine (C=N–C) groups is 1. The summed E-state index contributed by atoms with van der Waals surface area (Å²) in [6, 6.07) is 0. The lowest BCUT2D eigenvalue weighted by molar-refractivity contribution is -0.132. The Morgan fingerprint density at radius 1 is 1.18 bits per heavy atom. The molecule has 3 unspecified atom stereocenters. The highest BCUT2D eigenvalue weighted by Gasteiger charge is 2.38. The smallest absolute Gasteiger partial charge is 0.357 e. The van der Waals surface area contributed by atoms with Crippen LogP contribution in [0.4, 0.5) is 13.2 Å². The van der Waals surface area contributed by atoms with Crippen LogP contribution in [0.1, 0.15) is 45.4 Å². The van der Waals surface area contributed by atoms with E-state index in [4.69, 9.17) is 0 Å². The van der Waals surface area contributed by atoms with Crippen LogP contribution in [0.2, 0.25) is 0 Å². The molecule has 2 aliphatic rings. The van der Waals surface area contributed by atoms with E-state index in [1.807, 2.05) is 6.92 Å². The average molecular weight is 433 g/mol. The summed E-state index contributed by atoms with van der Waals surface area (Å²) < 4.78 is 36.4. The van der Waals surface area contributed by atoms with Crippen molar-refractivity contribution in [2.24, 2.45) is 22.7 Å². The number of rotatable bonds is 6. The maximum absolute atomic E-state index is 12.1. The molecular formula is C15H27F3IN3. The van der Waals surface area contributed by atoms with Gasteiger partial charge >= 0.3 is 6.18 Å². The zero-order valence-electron chi connectivity index (χ0n) is 13.1. The maximum atomic E-state index is 12.1. The monoisotopic (exact) mass is 433 g/mol. The average Bonchev–Trinajstić information content (AvgIpc) is 2.99. The molecule has 2 saturated carbocycles. The summed E-state index contributed by atoms with van der Waals surface area (Å²) in [5.74, 6) is 3.10. The minimum atomic E-state index is -4.12. The third-order valence-electron chi connectivity index (χ3n) is 4.70. The van der Waals surface area contributed by atoms with Crippen LogP contribution >= 0.6 is 24.0 Å². The van der Waals surface area contributed by atoms with Crippen LogP contribution in [0.5, 0.6) is 0 Å². The van der Waals surface area contributed by atoms with Gasteiger partial charge in [0.2, 0.25) is 0 Å². The van der Waals surface area contributed by atoms with Crippen LogP contribution in [0.15, 0.2) is 4.99 Å². The molecule has 0 saturated heterocycles. The fourth-order valence-corrected chi connectivity index (χ4v) is 3.74. The molecule has 2 N–H and O–H groups in total. The van der Waals surface area contributed by atoms with Crippen molar-refractivity contribution in [1.29, 1.82) is 0 Å². The van der Waals surface area contributed by atoms with Crippen molar-refractivity contribution in [3.8, 4) is 0 Å². The molecule has 0 heterocycles. The van der Waals surface area contributed by atoms with E-state index in [0.717, 1.165) is 24.2 Å². The van der Waals surface area contributed by atoms with Crippen molar-refractivity contribution in [2.75, 3.05) is 19.6 Å². The summed E-state index contributed by atoms with van der Waals surface area (Å²) in [6.45, 7) is 3.15. The molecule has 0 amide bonds. The van der Waals surface area contributed by atoms with Gasteiger partial charge < -0.3 is 10.6 Å². The van der Waals surface area contributed by atoms with E-state index in [2.05, 4.69) is 15.6 Å². The maximum Gasteiger partial charge on any atom is 0.390 e. The number of hydrogen-bond donors (Lipinski definition) is 2. The Kier molecular flexibility index (Phi) is 8.27. The zero-order chi connectivity index (χ0) is 15.3. The van der Waals surface area contributed by atoms with Gasteiger partial charge in [-0.05, 0) is 50.4 Å². The van der Waals surface area contributed by atoms with Gasteiger partial charge in [0.25, 0.3) is 0 Å². The molecule has 0 aliphatic heterocycles. The SMILES string of the molecule is CCNC(=NCCC1CC2CCC1C2)NCCC(F)(F)F.I. The topological polar surface area (TPSA) is 36.4 Å². The molecule has 2 bridgehead atoms. The number of halogens is 4. The lowest BCUT2D eigenvalue weighted by atomic mass is 9.86. The van der Waals surface area contributed by atoms with Gasteiger partial charge in [0.15, 0.2) is 5.96 Å². The predicted octanol–water partition coefficient (Wildman–Crippen LogP) is 3.94. The third kappa shape index (κ3) is 6.50.